The van der Waals surface area contributed by atoms with Gasteiger partial charge in [-0.15, -0.1) is 24.5 Å². The van der Waals surface area contributed by atoms with Crippen LogP contribution in [0.3, 0.4) is 0 Å². The summed E-state index contributed by atoms with van der Waals surface area (Å²) in [6, 6.07) is 6.08. The maximum atomic E-state index is 12.1. The van der Waals surface area contributed by atoms with Gasteiger partial charge in [-0.1, -0.05) is 0 Å². The first-order valence-corrected chi connectivity index (χ1v) is 7.13. The molecule has 20 heavy (non-hydrogen) atoms. The number of hydrogen-bond donors (Lipinski definition) is 2. The van der Waals surface area contributed by atoms with Crippen LogP contribution in [0.25, 0.3) is 0 Å². The molecular formula is C12H10BrF3N2OS. The summed E-state index contributed by atoms with van der Waals surface area (Å²) in [5, 5.41) is 4.96. The Balaban J connectivity index is 2.04. The number of rotatable bonds is 4. The van der Waals surface area contributed by atoms with Gasteiger partial charge in [-0.05, 0) is 45.6 Å². The Labute approximate surface area is 125 Å². The van der Waals surface area contributed by atoms with Gasteiger partial charge < -0.3 is 15.8 Å². The van der Waals surface area contributed by atoms with Crippen molar-refractivity contribution < 1.29 is 17.9 Å². The zero-order chi connectivity index (χ0) is 14.8. The predicted octanol–water partition coefficient (Wildman–Crippen LogP) is 4.60. The number of benzene rings is 1. The van der Waals surface area contributed by atoms with Crippen molar-refractivity contribution in [1.29, 1.82) is 0 Å². The Morgan fingerprint density at radius 1 is 1.30 bits per heavy atom. The molecule has 0 fully saturated rings. The van der Waals surface area contributed by atoms with Crippen LogP contribution in [0, 0.1) is 0 Å². The van der Waals surface area contributed by atoms with Crippen LogP contribution in [0.4, 0.5) is 24.5 Å². The summed E-state index contributed by atoms with van der Waals surface area (Å²) in [7, 11) is 0. The van der Waals surface area contributed by atoms with E-state index in [2.05, 4.69) is 26.0 Å². The molecule has 0 unspecified atom stereocenters. The highest BCUT2D eigenvalue weighted by atomic mass is 79.9. The van der Waals surface area contributed by atoms with Crippen LogP contribution in [0.1, 0.15) is 4.88 Å². The SMILES string of the molecule is Nc1ccsc1CNc1ccc(OC(F)(F)F)c(Br)c1. The molecule has 0 radical (unpaired) electrons. The van der Waals surface area contributed by atoms with Crippen molar-refractivity contribution in [3.05, 3.63) is 39.0 Å². The molecule has 1 aromatic carbocycles. The van der Waals surface area contributed by atoms with Gasteiger partial charge in [0, 0.05) is 16.3 Å². The molecule has 0 aliphatic rings. The fourth-order valence-corrected chi connectivity index (χ4v) is 2.69. The van der Waals surface area contributed by atoms with Gasteiger partial charge in [-0.3, -0.25) is 0 Å². The monoisotopic (exact) mass is 366 g/mol. The fraction of sp³-hybridized carbons (Fsp3) is 0.167. The Morgan fingerprint density at radius 3 is 2.60 bits per heavy atom. The number of nitrogens with two attached hydrogens (primary N) is 1. The molecule has 108 valence electrons. The number of thiophene rings is 1. The molecule has 2 aromatic rings. The normalized spacial score (nSPS) is 11.4. The Hall–Kier alpha value is -1.41. The molecule has 0 saturated heterocycles. The Kier molecular flexibility index (Phi) is 4.44. The van der Waals surface area contributed by atoms with Crippen LogP contribution in [-0.4, -0.2) is 6.36 Å². The van der Waals surface area contributed by atoms with Crippen molar-refractivity contribution >= 4 is 38.6 Å². The molecule has 0 atom stereocenters. The van der Waals surface area contributed by atoms with Crippen LogP contribution in [0.15, 0.2) is 34.1 Å². The number of anilines is 2. The van der Waals surface area contributed by atoms with Gasteiger partial charge in [0.2, 0.25) is 0 Å². The topological polar surface area (TPSA) is 47.3 Å². The zero-order valence-corrected chi connectivity index (χ0v) is 12.4. The average molecular weight is 367 g/mol. The van der Waals surface area contributed by atoms with E-state index in [9.17, 15) is 13.2 Å². The van der Waals surface area contributed by atoms with Gasteiger partial charge in [0.1, 0.15) is 5.75 Å². The van der Waals surface area contributed by atoms with Crippen molar-refractivity contribution in [1.82, 2.24) is 0 Å². The van der Waals surface area contributed by atoms with Gasteiger partial charge >= 0.3 is 6.36 Å². The van der Waals surface area contributed by atoms with Crippen LogP contribution in [-0.2, 0) is 6.54 Å². The summed E-state index contributed by atoms with van der Waals surface area (Å²) in [5.74, 6) is -0.279. The number of alkyl halides is 3. The van der Waals surface area contributed by atoms with E-state index in [0.717, 1.165) is 4.88 Å². The summed E-state index contributed by atoms with van der Waals surface area (Å²) >= 11 is 4.56. The van der Waals surface area contributed by atoms with Crippen molar-refractivity contribution in [2.45, 2.75) is 12.9 Å². The van der Waals surface area contributed by atoms with E-state index in [1.807, 2.05) is 5.38 Å². The van der Waals surface area contributed by atoms with E-state index in [4.69, 9.17) is 5.73 Å². The van der Waals surface area contributed by atoms with Crippen LogP contribution >= 0.6 is 27.3 Å². The number of nitrogens with one attached hydrogen (secondary N) is 1. The molecule has 0 aliphatic heterocycles. The van der Waals surface area contributed by atoms with E-state index in [-0.39, 0.29) is 10.2 Å². The lowest BCUT2D eigenvalue weighted by molar-refractivity contribution is -0.274. The van der Waals surface area contributed by atoms with E-state index >= 15 is 0 Å². The van der Waals surface area contributed by atoms with E-state index < -0.39 is 6.36 Å². The van der Waals surface area contributed by atoms with E-state index in [1.54, 1.807) is 6.07 Å². The Bertz CT molecular complexity index is 601. The second kappa shape index (κ2) is 5.92. The molecule has 1 heterocycles. The summed E-state index contributed by atoms with van der Waals surface area (Å²) < 4.78 is 40.5. The molecular weight excluding hydrogens is 357 g/mol. The molecule has 2 rings (SSSR count). The number of nitrogen functional groups attached to an aromatic ring is 1. The first kappa shape index (κ1) is 15.0. The van der Waals surface area contributed by atoms with Gasteiger partial charge in [-0.25, -0.2) is 0 Å². The van der Waals surface area contributed by atoms with Crippen LogP contribution < -0.4 is 15.8 Å². The summed E-state index contributed by atoms with van der Waals surface area (Å²) in [6.07, 6.45) is -4.71. The maximum Gasteiger partial charge on any atom is 0.573 e. The third-order valence-electron chi connectivity index (χ3n) is 2.39. The summed E-state index contributed by atoms with van der Waals surface area (Å²) in [4.78, 5) is 0.969. The standard InChI is InChI=1S/C12H10BrF3N2OS/c13-8-5-7(1-2-10(8)19-12(14,15)16)18-6-11-9(17)3-4-20-11/h1-5,18H,6,17H2. The van der Waals surface area contributed by atoms with Crippen molar-refractivity contribution in [2.24, 2.45) is 0 Å². The minimum absolute atomic E-state index is 0.221. The third-order valence-corrected chi connectivity index (χ3v) is 3.95. The highest BCUT2D eigenvalue weighted by molar-refractivity contribution is 9.10. The second-order valence-corrected chi connectivity index (χ2v) is 5.70. The molecule has 1 aromatic heterocycles. The molecule has 8 heteroatoms. The first-order valence-electron chi connectivity index (χ1n) is 5.46. The van der Waals surface area contributed by atoms with Gasteiger partial charge in [0.25, 0.3) is 0 Å². The van der Waals surface area contributed by atoms with Gasteiger partial charge in [0.05, 0.1) is 11.0 Å². The second-order valence-electron chi connectivity index (χ2n) is 3.85. The van der Waals surface area contributed by atoms with Crippen LogP contribution in [0.5, 0.6) is 5.75 Å². The summed E-state index contributed by atoms with van der Waals surface area (Å²) in [6.45, 7) is 0.509. The first-order chi connectivity index (χ1) is 9.35. The van der Waals surface area contributed by atoms with Crippen molar-refractivity contribution in [2.75, 3.05) is 11.1 Å². The number of hydrogen-bond acceptors (Lipinski definition) is 4. The molecule has 0 aliphatic carbocycles. The van der Waals surface area contributed by atoms with Crippen molar-refractivity contribution in [3.8, 4) is 5.75 Å². The van der Waals surface area contributed by atoms with Gasteiger partial charge in [-0.2, -0.15) is 0 Å². The summed E-state index contributed by atoms with van der Waals surface area (Å²) in [5.41, 5.74) is 7.10. The molecule has 0 amide bonds. The molecule has 0 bridgehead atoms. The molecule has 3 N–H and O–H groups in total. The number of halogens is 4. The minimum Gasteiger partial charge on any atom is -0.405 e. The lowest BCUT2D eigenvalue weighted by Crippen LogP contribution is -2.17. The fourth-order valence-electron chi connectivity index (χ4n) is 1.49. The molecule has 0 spiro atoms. The lowest BCUT2D eigenvalue weighted by atomic mass is 10.3. The molecule has 3 nitrogen and oxygen atoms in total. The van der Waals surface area contributed by atoms with E-state index in [1.165, 1.54) is 29.5 Å². The van der Waals surface area contributed by atoms with Gasteiger partial charge in [0.15, 0.2) is 0 Å². The van der Waals surface area contributed by atoms with Crippen LogP contribution in [0.2, 0.25) is 0 Å². The predicted molar refractivity (Wildman–Crippen MR) is 76.9 cm³/mol. The zero-order valence-electron chi connectivity index (χ0n) is 10.00. The smallest absolute Gasteiger partial charge is 0.405 e. The largest absolute Gasteiger partial charge is 0.573 e. The number of ether oxygens (including phenoxy) is 1. The maximum absolute atomic E-state index is 12.1. The molecule has 0 saturated carbocycles. The average Bonchev–Trinajstić information content (AvgIpc) is 2.74. The highest BCUT2D eigenvalue weighted by Gasteiger charge is 2.31. The van der Waals surface area contributed by atoms with Crippen molar-refractivity contribution in [3.63, 3.8) is 0 Å². The Morgan fingerprint density at radius 2 is 2.05 bits per heavy atom. The highest BCUT2D eigenvalue weighted by Crippen LogP contribution is 2.32. The lowest BCUT2D eigenvalue weighted by Gasteiger charge is -2.12. The minimum atomic E-state index is -4.71. The van der Waals surface area contributed by atoms with E-state index in [0.29, 0.717) is 17.9 Å². The quantitative estimate of drug-likeness (QED) is 0.830. The third kappa shape index (κ3) is 4.04.